The van der Waals surface area contributed by atoms with Gasteiger partial charge in [-0.05, 0) is 35.6 Å². The van der Waals surface area contributed by atoms with E-state index < -0.39 is 0 Å². The Morgan fingerprint density at radius 1 is 1.26 bits per heavy atom. The summed E-state index contributed by atoms with van der Waals surface area (Å²) in [4.78, 5) is 17.7. The highest BCUT2D eigenvalue weighted by Crippen LogP contribution is 2.22. The highest BCUT2D eigenvalue weighted by atomic mass is 79.9. The highest BCUT2D eigenvalue weighted by molar-refractivity contribution is 9.10. The van der Waals surface area contributed by atoms with E-state index in [4.69, 9.17) is 4.99 Å². The van der Waals surface area contributed by atoms with E-state index in [0.717, 1.165) is 26.4 Å². The van der Waals surface area contributed by atoms with Gasteiger partial charge in [0.2, 0.25) is 0 Å². The lowest BCUT2D eigenvalue weighted by atomic mass is 10.1. The van der Waals surface area contributed by atoms with Crippen LogP contribution in [0.5, 0.6) is 0 Å². The fourth-order valence-corrected chi connectivity index (χ4v) is 3.91. The third-order valence-electron chi connectivity index (χ3n) is 4.14. The van der Waals surface area contributed by atoms with Crippen molar-refractivity contribution < 1.29 is 4.79 Å². The van der Waals surface area contributed by atoms with Gasteiger partial charge in [-0.3, -0.25) is 15.1 Å². The summed E-state index contributed by atoms with van der Waals surface area (Å²) in [5.74, 6) is 0.667. The molecule has 4 rings (SSSR count). The molecular weight excluding hydrogens is 424 g/mol. The molecule has 0 aliphatic carbocycles. The standard InChI is InChI=1S/C20H17BrN4OS/c1-2-27-20-23-19(26)18-15-12-14(21)9-10-16(15)22-17(25(18)24-20)11-8-13-6-4-3-5-7-13/h3-12,17H,2H2,1H3,(H,23,24,26)/b11-8+. The average molecular weight is 441 g/mol. The summed E-state index contributed by atoms with van der Waals surface area (Å²) in [5, 5.41) is 11.4. The number of nitrogens with one attached hydrogen (secondary N) is 1. The van der Waals surface area contributed by atoms with E-state index in [1.807, 2.05) is 67.6 Å². The molecular formula is C20H17BrN4OS. The van der Waals surface area contributed by atoms with E-state index in [1.54, 1.807) is 5.01 Å². The van der Waals surface area contributed by atoms with Crippen molar-refractivity contribution in [3.05, 3.63) is 75.2 Å². The number of amidine groups is 1. The van der Waals surface area contributed by atoms with Crippen LogP contribution in [0.25, 0.3) is 11.8 Å². The fourth-order valence-electron chi connectivity index (χ4n) is 2.97. The van der Waals surface area contributed by atoms with Gasteiger partial charge in [0.1, 0.15) is 5.70 Å². The molecule has 1 amide bonds. The van der Waals surface area contributed by atoms with Gasteiger partial charge in [0.05, 0.1) is 5.36 Å². The second-order valence-corrected chi connectivity index (χ2v) is 8.13. The lowest BCUT2D eigenvalue weighted by Crippen LogP contribution is -2.52. The van der Waals surface area contributed by atoms with Gasteiger partial charge in [0.15, 0.2) is 11.3 Å². The molecule has 0 radical (unpaired) electrons. The number of fused-ring (bicyclic) bond motifs is 2. The van der Waals surface area contributed by atoms with Gasteiger partial charge in [0.25, 0.3) is 5.91 Å². The summed E-state index contributed by atoms with van der Waals surface area (Å²) in [5.41, 5.74) is 1.59. The van der Waals surface area contributed by atoms with Gasteiger partial charge in [-0.2, -0.15) is 0 Å². The molecule has 2 aromatic carbocycles. The molecule has 0 aromatic heterocycles. The van der Waals surface area contributed by atoms with Crippen LogP contribution in [0.2, 0.25) is 0 Å². The molecule has 5 nitrogen and oxygen atoms in total. The molecule has 2 aliphatic rings. The third-order valence-corrected chi connectivity index (χ3v) is 5.38. The summed E-state index contributed by atoms with van der Waals surface area (Å²) in [6.45, 7) is 2.03. The smallest absolute Gasteiger partial charge is 0.276 e. The number of amides is 1. The molecule has 2 heterocycles. The van der Waals surface area contributed by atoms with Crippen LogP contribution < -0.4 is 15.9 Å². The van der Waals surface area contributed by atoms with Crippen LogP contribution in [0.4, 0.5) is 0 Å². The molecule has 0 fully saturated rings. The number of thioether (sulfide) groups is 1. The second kappa shape index (κ2) is 7.70. The van der Waals surface area contributed by atoms with Gasteiger partial charge in [0, 0.05) is 9.69 Å². The van der Waals surface area contributed by atoms with E-state index in [1.165, 1.54) is 11.8 Å². The van der Waals surface area contributed by atoms with Gasteiger partial charge in [-0.1, -0.05) is 71.0 Å². The molecule has 1 atom stereocenters. The van der Waals surface area contributed by atoms with Gasteiger partial charge in [-0.15, -0.1) is 5.10 Å². The summed E-state index contributed by atoms with van der Waals surface area (Å²) in [7, 11) is 0. The van der Waals surface area contributed by atoms with Gasteiger partial charge >= 0.3 is 0 Å². The molecule has 0 saturated carbocycles. The van der Waals surface area contributed by atoms with Crippen LogP contribution in [0, 0.1) is 0 Å². The molecule has 2 aromatic rings. The van der Waals surface area contributed by atoms with E-state index in [0.29, 0.717) is 10.9 Å². The zero-order chi connectivity index (χ0) is 18.8. The largest absolute Gasteiger partial charge is 0.298 e. The first-order chi connectivity index (χ1) is 13.2. The fraction of sp³-hybridized carbons (Fsp3) is 0.150. The van der Waals surface area contributed by atoms with Crippen molar-refractivity contribution in [2.24, 2.45) is 10.1 Å². The zero-order valence-electron chi connectivity index (χ0n) is 14.6. The number of hydrogen-bond donors (Lipinski definition) is 1. The Balaban J connectivity index is 1.84. The van der Waals surface area contributed by atoms with Crippen molar-refractivity contribution in [2.75, 3.05) is 5.75 Å². The number of hydrazone groups is 1. The predicted molar refractivity (Wildman–Crippen MR) is 113 cm³/mol. The summed E-state index contributed by atoms with van der Waals surface area (Å²) in [6, 6.07) is 15.8. The van der Waals surface area contributed by atoms with E-state index >= 15 is 0 Å². The Morgan fingerprint density at radius 3 is 2.85 bits per heavy atom. The van der Waals surface area contributed by atoms with Crippen LogP contribution in [0.3, 0.4) is 0 Å². The van der Waals surface area contributed by atoms with Gasteiger partial charge in [-0.25, -0.2) is 5.01 Å². The quantitative estimate of drug-likeness (QED) is 0.797. The van der Waals surface area contributed by atoms with Crippen molar-refractivity contribution >= 4 is 50.5 Å². The minimum absolute atomic E-state index is 0.159. The first kappa shape index (κ1) is 18.0. The van der Waals surface area contributed by atoms with E-state index in [-0.39, 0.29) is 12.1 Å². The number of halogens is 1. The highest BCUT2D eigenvalue weighted by Gasteiger charge is 2.32. The van der Waals surface area contributed by atoms with Crippen molar-refractivity contribution in [2.45, 2.75) is 13.1 Å². The second-order valence-electron chi connectivity index (χ2n) is 5.96. The predicted octanol–water partition coefficient (Wildman–Crippen LogP) is 2.69. The maximum atomic E-state index is 12.8. The zero-order valence-corrected chi connectivity index (χ0v) is 17.0. The number of rotatable bonds is 3. The molecule has 0 saturated heterocycles. The van der Waals surface area contributed by atoms with Crippen LogP contribution in [-0.4, -0.2) is 28.0 Å². The van der Waals surface area contributed by atoms with Gasteiger partial charge < -0.3 is 0 Å². The van der Waals surface area contributed by atoms with Crippen LogP contribution in [0.1, 0.15) is 12.5 Å². The average Bonchev–Trinajstić information content (AvgIpc) is 2.67. The topological polar surface area (TPSA) is 57.1 Å². The number of benzene rings is 2. The third kappa shape index (κ3) is 3.70. The number of carbonyl (C=O) groups is 1. The first-order valence-electron chi connectivity index (χ1n) is 8.58. The SMILES string of the molecule is CCSC1=NN2C(=c3cc(Br)ccc3=NC2/C=C/c2ccccc2)C(=O)N1. The van der Waals surface area contributed by atoms with E-state index in [2.05, 4.69) is 26.3 Å². The first-order valence-corrected chi connectivity index (χ1v) is 10.4. The monoisotopic (exact) mass is 440 g/mol. The number of nitrogens with zero attached hydrogens (tertiary/aromatic N) is 3. The molecule has 27 heavy (non-hydrogen) atoms. The van der Waals surface area contributed by atoms with Crippen LogP contribution >= 0.6 is 27.7 Å². The Bertz CT molecular complexity index is 1070. The lowest BCUT2D eigenvalue weighted by molar-refractivity contribution is -0.116. The van der Waals surface area contributed by atoms with Crippen LogP contribution in [-0.2, 0) is 4.79 Å². The van der Waals surface area contributed by atoms with Crippen molar-refractivity contribution in [3.63, 3.8) is 0 Å². The molecule has 1 unspecified atom stereocenters. The maximum Gasteiger partial charge on any atom is 0.276 e. The summed E-state index contributed by atoms with van der Waals surface area (Å²) >= 11 is 4.98. The summed E-state index contributed by atoms with van der Waals surface area (Å²) < 4.78 is 0.896. The normalized spacial score (nSPS) is 18.5. The molecule has 7 heteroatoms. The lowest BCUT2D eigenvalue weighted by Gasteiger charge is -2.32. The number of carbonyl (C=O) groups excluding carboxylic acids is 1. The molecule has 2 aliphatic heterocycles. The Kier molecular flexibility index (Phi) is 5.13. The van der Waals surface area contributed by atoms with Crippen molar-refractivity contribution in [1.82, 2.24) is 10.3 Å². The van der Waals surface area contributed by atoms with Crippen LogP contribution in [0.15, 0.2) is 69.2 Å². The van der Waals surface area contributed by atoms with E-state index in [9.17, 15) is 4.79 Å². The number of hydrogen-bond acceptors (Lipinski definition) is 5. The maximum absolute atomic E-state index is 12.8. The Morgan fingerprint density at radius 2 is 2.07 bits per heavy atom. The molecule has 0 bridgehead atoms. The molecule has 136 valence electrons. The molecule has 1 N–H and O–H groups in total. The Hall–Kier alpha value is -2.38. The Labute approximate surface area is 169 Å². The summed E-state index contributed by atoms with van der Waals surface area (Å²) in [6.07, 6.45) is 3.59. The van der Waals surface area contributed by atoms with Crippen molar-refractivity contribution in [1.29, 1.82) is 0 Å². The minimum atomic E-state index is -0.382. The molecule has 0 spiro atoms. The van der Waals surface area contributed by atoms with Crippen molar-refractivity contribution in [3.8, 4) is 0 Å². The minimum Gasteiger partial charge on any atom is -0.298 e.